The van der Waals surface area contributed by atoms with E-state index in [1.165, 1.54) is 0 Å². The van der Waals surface area contributed by atoms with E-state index < -0.39 is 0 Å². The van der Waals surface area contributed by atoms with E-state index in [1.807, 2.05) is 54.6 Å². The summed E-state index contributed by atoms with van der Waals surface area (Å²) in [7, 11) is 0. The lowest BCUT2D eigenvalue weighted by molar-refractivity contribution is 0.164. The van der Waals surface area contributed by atoms with Crippen molar-refractivity contribution in [2.24, 2.45) is 0 Å². The molecule has 94 valence electrons. The number of halogens is 1. The summed E-state index contributed by atoms with van der Waals surface area (Å²) in [6.07, 6.45) is 2.21. The van der Waals surface area contributed by atoms with Crippen LogP contribution in [0.1, 0.15) is 30.1 Å². The molecule has 2 aromatic rings. The van der Waals surface area contributed by atoms with Gasteiger partial charge in [-0.25, -0.2) is 0 Å². The molecule has 18 heavy (non-hydrogen) atoms. The second kappa shape index (κ2) is 6.58. The molecule has 0 aromatic heterocycles. The standard InChI is InChI=1S/C16H17ClO/c17-15-11-5-4-7-13(15)10-6-12-16(18)14-8-2-1-3-9-14/h1-5,7-9,11,16,18H,6,10,12H2. The molecule has 0 fully saturated rings. The molecule has 1 N–H and O–H groups in total. The Morgan fingerprint density at radius 3 is 2.33 bits per heavy atom. The van der Waals surface area contributed by atoms with Gasteiger partial charge in [-0.05, 0) is 36.5 Å². The Hall–Kier alpha value is -1.31. The molecule has 0 bridgehead atoms. The highest BCUT2D eigenvalue weighted by atomic mass is 35.5. The highest BCUT2D eigenvalue weighted by molar-refractivity contribution is 6.31. The van der Waals surface area contributed by atoms with Gasteiger partial charge in [-0.15, -0.1) is 0 Å². The van der Waals surface area contributed by atoms with E-state index in [4.69, 9.17) is 11.6 Å². The summed E-state index contributed by atoms with van der Waals surface area (Å²) in [5.74, 6) is 0. The maximum Gasteiger partial charge on any atom is 0.0790 e. The van der Waals surface area contributed by atoms with Crippen molar-refractivity contribution in [1.82, 2.24) is 0 Å². The van der Waals surface area contributed by atoms with Gasteiger partial charge in [0.1, 0.15) is 0 Å². The van der Waals surface area contributed by atoms with E-state index in [2.05, 4.69) is 0 Å². The van der Waals surface area contributed by atoms with Crippen molar-refractivity contribution in [3.8, 4) is 0 Å². The molecule has 0 saturated heterocycles. The first-order valence-electron chi connectivity index (χ1n) is 6.24. The van der Waals surface area contributed by atoms with E-state index in [-0.39, 0.29) is 6.10 Å². The van der Waals surface area contributed by atoms with Gasteiger partial charge >= 0.3 is 0 Å². The summed E-state index contributed by atoms with van der Waals surface area (Å²) in [6, 6.07) is 17.7. The molecule has 0 aliphatic rings. The average Bonchev–Trinajstić information content (AvgIpc) is 2.42. The molecule has 0 saturated carbocycles. The van der Waals surface area contributed by atoms with E-state index in [1.54, 1.807) is 0 Å². The van der Waals surface area contributed by atoms with Crippen LogP contribution in [0.4, 0.5) is 0 Å². The second-order valence-corrected chi connectivity index (χ2v) is 4.82. The Bertz CT molecular complexity index is 481. The third kappa shape index (κ3) is 3.59. The zero-order chi connectivity index (χ0) is 12.8. The molecule has 0 aliphatic carbocycles. The number of hydrogen-bond donors (Lipinski definition) is 1. The quantitative estimate of drug-likeness (QED) is 0.845. The summed E-state index contributed by atoms with van der Waals surface area (Å²) < 4.78 is 0. The van der Waals surface area contributed by atoms with Crippen LogP contribution in [0.25, 0.3) is 0 Å². The zero-order valence-electron chi connectivity index (χ0n) is 10.2. The number of aryl methyl sites for hydroxylation is 1. The summed E-state index contributed by atoms with van der Waals surface area (Å²) in [5, 5.41) is 10.8. The molecule has 0 amide bonds. The fraction of sp³-hybridized carbons (Fsp3) is 0.250. The van der Waals surface area contributed by atoms with Gasteiger partial charge < -0.3 is 5.11 Å². The maximum atomic E-state index is 10.0. The van der Waals surface area contributed by atoms with Crippen molar-refractivity contribution < 1.29 is 5.11 Å². The van der Waals surface area contributed by atoms with Crippen LogP contribution in [0.3, 0.4) is 0 Å². The molecule has 0 radical (unpaired) electrons. The topological polar surface area (TPSA) is 20.2 Å². The van der Waals surface area contributed by atoms with Gasteiger partial charge in [0.2, 0.25) is 0 Å². The van der Waals surface area contributed by atoms with Gasteiger partial charge in [0.25, 0.3) is 0 Å². The third-order valence-electron chi connectivity index (χ3n) is 3.07. The smallest absolute Gasteiger partial charge is 0.0790 e. The molecule has 1 atom stereocenters. The van der Waals surface area contributed by atoms with Gasteiger partial charge in [0, 0.05) is 5.02 Å². The Balaban J connectivity index is 1.84. The maximum absolute atomic E-state index is 10.0. The first kappa shape index (κ1) is 13.1. The van der Waals surface area contributed by atoms with Crippen LogP contribution >= 0.6 is 11.6 Å². The second-order valence-electron chi connectivity index (χ2n) is 4.41. The first-order valence-corrected chi connectivity index (χ1v) is 6.61. The Labute approximate surface area is 113 Å². The summed E-state index contributed by atoms with van der Waals surface area (Å²) in [5.41, 5.74) is 2.14. The van der Waals surface area contributed by atoms with E-state index in [0.29, 0.717) is 0 Å². The first-order chi connectivity index (χ1) is 8.77. The lowest BCUT2D eigenvalue weighted by atomic mass is 10.0. The highest BCUT2D eigenvalue weighted by Gasteiger charge is 2.07. The Morgan fingerprint density at radius 2 is 1.61 bits per heavy atom. The van der Waals surface area contributed by atoms with E-state index in [0.717, 1.165) is 35.4 Å². The monoisotopic (exact) mass is 260 g/mol. The predicted molar refractivity (Wildman–Crippen MR) is 75.8 cm³/mol. The predicted octanol–water partition coefficient (Wildman–Crippen LogP) is 4.40. The molecular weight excluding hydrogens is 244 g/mol. The Morgan fingerprint density at radius 1 is 0.944 bits per heavy atom. The minimum Gasteiger partial charge on any atom is -0.388 e. The summed E-state index contributed by atoms with van der Waals surface area (Å²) in [6.45, 7) is 0. The minimum absolute atomic E-state index is 0.381. The van der Waals surface area contributed by atoms with Crippen molar-refractivity contribution in [3.05, 3.63) is 70.7 Å². The van der Waals surface area contributed by atoms with Crippen LogP contribution in [0.2, 0.25) is 5.02 Å². The van der Waals surface area contributed by atoms with Crippen molar-refractivity contribution >= 4 is 11.6 Å². The van der Waals surface area contributed by atoms with Gasteiger partial charge in [-0.3, -0.25) is 0 Å². The number of aliphatic hydroxyl groups is 1. The SMILES string of the molecule is OC(CCCc1ccccc1Cl)c1ccccc1. The normalized spacial score (nSPS) is 12.3. The number of benzene rings is 2. The average molecular weight is 261 g/mol. The molecule has 2 heteroatoms. The molecule has 0 spiro atoms. The van der Waals surface area contributed by atoms with Crippen molar-refractivity contribution in [2.75, 3.05) is 0 Å². The van der Waals surface area contributed by atoms with Gasteiger partial charge in [0.15, 0.2) is 0 Å². The van der Waals surface area contributed by atoms with Crippen LogP contribution in [0.15, 0.2) is 54.6 Å². The molecule has 2 rings (SSSR count). The van der Waals surface area contributed by atoms with Crippen molar-refractivity contribution in [2.45, 2.75) is 25.4 Å². The molecule has 0 heterocycles. The van der Waals surface area contributed by atoms with Crippen LogP contribution in [0.5, 0.6) is 0 Å². The van der Waals surface area contributed by atoms with E-state index in [9.17, 15) is 5.11 Å². The molecule has 1 nitrogen and oxygen atoms in total. The Kier molecular flexibility index (Phi) is 4.80. The summed E-state index contributed by atoms with van der Waals surface area (Å²) in [4.78, 5) is 0. The minimum atomic E-state index is -0.381. The van der Waals surface area contributed by atoms with Crippen LogP contribution in [-0.2, 0) is 6.42 Å². The molecular formula is C16H17ClO. The molecule has 0 aliphatic heterocycles. The fourth-order valence-corrected chi connectivity index (χ4v) is 2.26. The van der Waals surface area contributed by atoms with Crippen LogP contribution in [0, 0.1) is 0 Å². The van der Waals surface area contributed by atoms with Crippen molar-refractivity contribution in [3.63, 3.8) is 0 Å². The highest BCUT2D eigenvalue weighted by Crippen LogP contribution is 2.21. The number of hydrogen-bond acceptors (Lipinski definition) is 1. The zero-order valence-corrected chi connectivity index (χ0v) is 11.0. The number of aliphatic hydroxyl groups excluding tert-OH is 1. The molecule has 1 unspecified atom stereocenters. The number of rotatable bonds is 5. The summed E-state index contributed by atoms with van der Waals surface area (Å²) >= 11 is 6.09. The van der Waals surface area contributed by atoms with Gasteiger partial charge in [-0.1, -0.05) is 60.1 Å². The third-order valence-corrected chi connectivity index (χ3v) is 3.43. The van der Waals surface area contributed by atoms with Crippen LogP contribution in [-0.4, -0.2) is 5.11 Å². The van der Waals surface area contributed by atoms with E-state index >= 15 is 0 Å². The largest absolute Gasteiger partial charge is 0.388 e. The van der Waals surface area contributed by atoms with Crippen LogP contribution < -0.4 is 0 Å². The van der Waals surface area contributed by atoms with Gasteiger partial charge in [0.05, 0.1) is 6.10 Å². The lowest BCUT2D eigenvalue weighted by Gasteiger charge is -2.11. The lowest BCUT2D eigenvalue weighted by Crippen LogP contribution is -1.98. The van der Waals surface area contributed by atoms with Gasteiger partial charge in [-0.2, -0.15) is 0 Å². The van der Waals surface area contributed by atoms with Crippen molar-refractivity contribution in [1.29, 1.82) is 0 Å². The molecule has 2 aromatic carbocycles. The fourth-order valence-electron chi connectivity index (χ4n) is 2.03.